The Balaban J connectivity index is 3.94. The van der Waals surface area contributed by atoms with Gasteiger partial charge >= 0.3 is 5.97 Å². The Labute approximate surface area is 138 Å². The van der Waals surface area contributed by atoms with Crippen LogP contribution in [-0.4, -0.2) is 12.6 Å². The summed E-state index contributed by atoms with van der Waals surface area (Å²) < 4.78 is 5.18. The number of hydrogen-bond acceptors (Lipinski definition) is 2. The molecule has 0 aromatic rings. The van der Waals surface area contributed by atoms with E-state index in [0.29, 0.717) is 18.4 Å². The maximum absolute atomic E-state index is 11.6. The van der Waals surface area contributed by atoms with Crippen LogP contribution in [0.4, 0.5) is 0 Å². The molecule has 0 amide bonds. The van der Waals surface area contributed by atoms with Crippen molar-refractivity contribution in [2.24, 2.45) is 17.8 Å². The molecular weight excluding hydrogens is 272 g/mol. The summed E-state index contributed by atoms with van der Waals surface area (Å²) in [5, 5.41) is 0. The Morgan fingerprint density at radius 3 is 2.23 bits per heavy atom. The highest BCUT2D eigenvalue weighted by molar-refractivity contribution is 5.83. The van der Waals surface area contributed by atoms with E-state index in [1.165, 1.54) is 19.3 Å². The first-order chi connectivity index (χ1) is 10.3. The molecule has 0 aromatic heterocycles. The molecule has 0 saturated heterocycles. The minimum atomic E-state index is -0.229. The van der Waals surface area contributed by atoms with Gasteiger partial charge in [-0.2, -0.15) is 0 Å². The monoisotopic (exact) mass is 308 g/mol. The van der Waals surface area contributed by atoms with Gasteiger partial charge in [0.15, 0.2) is 0 Å². The minimum Gasteiger partial charge on any atom is -0.463 e. The quantitative estimate of drug-likeness (QED) is 0.268. The second kappa shape index (κ2) is 12.5. The second-order valence-electron chi connectivity index (χ2n) is 7.31. The maximum Gasteiger partial charge on any atom is 0.331 e. The molecule has 22 heavy (non-hydrogen) atoms. The van der Waals surface area contributed by atoms with Crippen LogP contribution in [0.25, 0.3) is 0 Å². The van der Waals surface area contributed by atoms with Crippen molar-refractivity contribution < 1.29 is 9.53 Å². The van der Waals surface area contributed by atoms with Crippen LogP contribution in [0, 0.1) is 17.8 Å². The van der Waals surface area contributed by atoms with Gasteiger partial charge in [-0.15, -0.1) is 0 Å². The fourth-order valence-corrected chi connectivity index (χ4v) is 2.15. The van der Waals surface area contributed by atoms with Gasteiger partial charge < -0.3 is 4.74 Å². The van der Waals surface area contributed by atoms with Gasteiger partial charge in [-0.3, -0.25) is 0 Å². The molecule has 0 fully saturated rings. The highest BCUT2D eigenvalue weighted by atomic mass is 16.5. The summed E-state index contributed by atoms with van der Waals surface area (Å²) in [5.74, 6) is 1.85. The van der Waals surface area contributed by atoms with Crippen molar-refractivity contribution in [2.75, 3.05) is 6.61 Å². The van der Waals surface area contributed by atoms with E-state index in [-0.39, 0.29) is 5.97 Å². The van der Waals surface area contributed by atoms with E-state index in [4.69, 9.17) is 4.74 Å². The predicted molar refractivity (Wildman–Crippen MR) is 95.8 cm³/mol. The van der Waals surface area contributed by atoms with Crippen LogP contribution < -0.4 is 0 Å². The second-order valence-corrected chi connectivity index (χ2v) is 7.31. The molecule has 0 spiro atoms. The fourth-order valence-electron chi connectivity index (χ4n) is 2.15. The molecule has 0 heterocycles. The van der Waals surface area contributed by atoms with Crippen LogP contribution >= 0.6 is 0 Å². The Morgan fingerprint density at radius 2 is 1.64 bits per heavy atom. The first kappa shape index (κ1) is 20.9. The highest BCUT2D eigenvalue weighted by Crippen LogP contribution is 2.16. The standard InChI is InChI=1S/C20H36O2/c1-16(2)9-7-10-18(5)11-8-12-19(6)15-20(21)22-14-13-17(3)4/h8,12,15-18H,7,9-11,13-14H2,1-6H3. The van der Waals surface area contributed by atoms with Gasteiger partial charge in [0.25, 0.3) is 0 Å². The molecule has 2 heteroatoms. The zero-order chi connectivity index (χ0) is 17.0. The Hall–Kier alpha value is -1.05. The van der Waals surface area contributed by atoms with Crippen molar-refractivity contribution >= 4 is 5.97 Å². The average molecular weight is 309 g/mol. The van der Waals surface area contributed by atoms with Crippen molar-refractivity contribution in [3.63, 3.8) is 0 Å². The summed E-state index contributed by atoms with van der Waals surface area (Å²) in [6.45, 7) is 13.6. The number of rotatable bonds is 11. The lowest BCUT2D eigenvalue weighted by Gasteiger charge is -2.09. The summed E-state index contributed by atoms with van der Waals surface area (Å²) in [4.78, 5) is 11.6. The summed E-state index contributed by atoms with van der Waals surface area (Å²) >= 11 is 0. The van der Waals surface area contributed by atoms with Crippen LogP contribution in [0.5, 0.6) is 0 Å². The highest BCUT2D eigenvalue weighted by Gasteiger charge is 2.02. The molecule has 0 N–H and O–H groups in total. The van der Waals surface area contributed by atoms with E-state index in [2.05, 4.69) is 40.7 Å². The number of carbonyl (C=O) groups excluding carboxylic acids is 1. The van der Waals surface area contributed by atoms with Gasteiger partial charge in [0.05, 0.1) is 6.61 Å². The topological polar surface area (TPSA) is 26.3 Å². The van der Waals surface area contributed by atoms with E-state index in [9.17, 15) is 4.79 Å². The third-order valence-corrected chi connectivity index (χ3v) is 3.68. The van der Waals surface area contributed by atoms with Crippen molar-refractivity contribution in [3.8, 4) is 0 Å². The third-order valence-electron chi connectivity index (χ3n) is 3.68. The van der Waals surface area contributed by atoms with E-state index in [1.54, 1.807) is 6.08 Å². The number of hydrogen-bond donors (Lipinski definition) is 0. The molecule has 0 aromatic carbocycles. The molecular formula is C20H36O2. The van der Waals surface area contributed by atoms with Crippen LogP contribution in [-0.2, 0) is 9.53 Å². The number of carbonyl (C=O) groups is 1. The summed E-state index contributed by atoms with van der Waals surface area (Å²) in [5.41, 5.74) is 0.962. The lowest BCUT2D eigenvalue weighted by Crippen LogP contribution is -2.05. The Bertz CT molecular complexity index is 351. The molecule has 1 unspecified atom stereocenters. The average Bonchev–Trinajstić information content (AvgIpc) is 2.37. The van der Waals surface area contributed by atoms with Crippen LogP contribution in [0.3, 0.4) is 0 Å². The van der Waals surface area contributed by atoms with Crippen molar-refractivity contribution in [1.82, 2.24) is 0 Å². The lowest BCUT2D eigenvalue weighted by molar-refractivity contribution is -0.138. The largest absolute Gasteiger partial charge is 0.463 e. The lowest BCUT2D eigenvalue weighted by atomic mass is 9.97. The fraction of sp³-hybridized carbons (Fsp3) is 0.750. The molecule has 1 atom stereocenters. The number of esters is 1. The molecule has 128 valence electrons. The van der Waals surface area contributed by atoms with Crippen molar-refractivity contribution in [2.45, 2.75) is 73.6 Å². The van der Waals surface area contributed by atoms with E-state index in [1.807, 2.05) is 13.0 Å². The first-order valence-corrected chi connectivity index (χ1v) is 8.82. The molecule has 0 aliphatic rings. The molecule has 0 rings (SSSR count). The first-order valence-electron chi connectivity index (χ1n) is 8.82. The van der Waals surface area contributed by atoms with Gasteiger partial charge in [-0.05, 0) is 43.1 Å². The van der Waals surface area contributed by atoms with Crippen molar-refractivity contribution in [1.29, 1.82) is 0 Å². The van der Waals surface area contributed by atoms with Crippen LogP contribution in [0.1, 0.15) is 73.6 Å². The maximum atomic E-state index is 11.6. The zero-order valence-corrected chi connectivity index (χ0v) is 15.5. The van der Waals surface area contributed by atoms with Gasteiger partial charge in [0.2, 0.25) is 0 Å². The predicted octanol–water partition coefficient (Wildman–Crippen LogP) is 5.93. The van der Waals surface area contributed by atoms with Gasteiger partial charge in [0, 0.05) is 6.08 Å². The molecule has 0 radical (unpaired) electrons. The van der Waals surface area contributed by atoms with Gasteiger partial charge in [0.1, 0.15) is 0 Å². The van der Waals surface area contributed by atoms with Gasteiger partial charge in [-0.1, -0.05) is 66.0 Å². The summed E-state index contributed by atoms with van der Waals surface area (Å²) in [6, 6.07) is 0. The van der Waals surface area contributed by atoms with E-state index in [0.717, 1.165) is 24.3 Å². The van der Waals surface area contributed by atoms with Crippen LogP contribution in [0.15, 0.2) is 23.8 Å². The van der Waals surface area contributed by atoms with Crippen molar-refractivity contribution in [3.05, 3.63) is 23.8 Å². The molecule has 0 aliphatic carbocycles. The smallest absolute Gasteiger partial charge is 0.331 e. The van der Waals surface area contributed by atoms with E-state index < -0.39 is 0 Å². The summed E-state index contributed by atoms with van der Waals surface area (Å²) in [7, 11) is 0. The Morgan fingerprint density at radius 1 is 1.00 bits per heavy atom. The summed E-state index contributed by atoms with van der Waals surface area (Å²) in [6.07, 6.45) is 11.7. The third kappa shape index (κ3) is 13.9. The van der Waals surface area contributed by atoms with E-state index >= 15 is 0 Å². The molecule has 0 bridgehead atoms. The number of allylic oxidation sites excluding steroid dienone is 3. The SMILES string of the molecule is CC(C=CCC(C)CCCC(C)C)=CC(=O)OCCC(C)C. The molecule has 0 saturated carbocycles. The number of ether oxygens (including phenoxy) is 1. The van der Waals surface area contributed by atoms with Gasteiger partial charge in [-0.25, -0.2) is 4.79 Å². The zero-order valence-electron chi connectivity index (χ0n) is 15.5. The minimum absolute atomic E-state index is 0.229. The normalized spacial score (nSPS) is 14.1. The molecule has 2 nitrogen and oxygen atoms in total. The molecule has 0 aliphatic heterocycles. The van der Waals surface area contributed by atoms with Crippen LogP contribution in [0.2, 0.25) is 0 Å². The Kier molecular flexibility index (Phi) is 11.9.